The van der Waals surface area contributed by atoms with E-state index in [-0.39, 0.29) is 0 Å². The average Bonchev–Trinajstić information content (AvgIpc) is 2.82. The first-order valence-corrected chi connectivity index (χ1v) is 9.20. The van der Waals surface area contributed by atoms with Crippen molar-refractivity contribution in [3.05, 3.63) is 34.2 Å². The lowest BCUT2D eigenvalue weighted by atomic mass is 10.1. The molecule has 0 aliphatic heterocycles. The Morgan fingerprint density at radius 3 is 2.30 bits per heavy atom. The summed E-state index contributed by atoms with van der Waals surface area (Å²) in [5.74, 6) is 1.39. The molecular weight excluding hydrogens is 401 g/mol. The fraction of sp³-hybridized carbons (Fsp3) is 0.412. The van der Waals surface area contributed by atoms with Crippen LogP contribution >= 0.6 is 22.6 Å². The van der Waals surface area contributed by atoms with E-state index in [0.29, 0.717) is 17.5 Å². The number of rotatable bonds is 4. The second kappa shape index (κ2) is 7.81. The van der Waals surface area contributed by atoms with Crippen LogP contribution < -0.4 is 16.4 Å². The van der Waals surface area contributed by atoms with Gasteiger partial charge in [0.1, 0.15) is 12.0 Å². The Balaban J connectivity index is 1.73. The van der Waals surface area contributed by atoms with Gasteiger partial charge in [-0.3, -0.25) is 0 Å². The summed E-state index contributed by atoms with van der Waals surface area (Å²) in [7, 11) is 0. The summed E-state index contributed by atoms with van der Waals surface area (Å²) < 4.78 is 1.19. The highest BCUT2D eigenvalue weighted by atomic mass is 127. The van der Waals surface area contributed by atoms with E-state index in [1.54, 1.807) is 6.33 Å². The molecule has 1 aromatic carbocycles. The van der Waals surface area contributed by atoms with Crippen LogP contribution in [0, 0.1) is 3.57 Å². The maximum Gasteiger partial charge on any atom is 0.159 e. The van der Waals surface area contributed by atoms with Crippen LogP contribution in [-0.2, 0) is 0 Å². The van der Waals surface area contributed by atoms with Gasteiger partial charge in [-0.25, -0.2) is 9.97 Å². The van der Waals surface area contributed by atoms with Crippen LogP contribution in [0.2, 0.25) is 0 Å². The van der Waals surface area contributed by atoms with Crippen molar-refractivity contribution in [2.75, 3.05) is 16.4 Å². The SMILES string of the molecule is Nc1c(Nc2ccc(I)cc2)ncnc1NC1CCCCCC1. The zero-order valence-corrected chi connectivity index (χ0v) is 15.2. The van der Waals surface area contributed by atoms with Crippen LogP contribution in [0.5, 0.6) is 0 Å². The molecule has 1 aliphatic carbocycles. The van der Waals surface area contributed by atoms with Gasteiger partial charge in [0.2, 0.25) is 0 Å². The number of nitrogens with one attached hydrogen (secondary N) is 2. The van der Waals surface area contributed by atoms with Gasteiger partial charge in [-0.15, -0.1) is 0 Å². The fourth-order valence-corrected chi connectivity index (χ4v) is 3.26. The molecule has 0 spiro atoms. The van der Waals surface area contributed by atoms with Crippen molar-refractivity contribution in [2.45, 2.75) is 44.6 Å². The van der Waals surface area contributed by atoms with Gasteiger partial charge in [-0.2, -0.15) is 0 Å². The molecule has 1 aliphatic rings. The number of nitrogens with zero attached hydrogens (tertiary/aromatic N) is 2. The third-order valence-electron chi connectivity index (χ3n) is 4.19. The zero-order valence-electron chi connectivity index (χ0n) is 13.1. The van der Waals surface area contributed by atoms with Crippen molar-refractivity contribution < 1.29 is 0 Å². The maximum atomic E-state index is 6.27. The molecule has 0 saturated heterocycles. The first-order chi connectivity index (χ1) is 11.2. The van der Waals surface area contributed by atoms with Crippen LogP contribution in [0.15, 0.2) is 30.6 Å². The predicted octanol–water partition coefficient (Wildman–Crippen LogP) is 4.54. The van der Waals surface area contributed by atoms with Gasteiger partial charge in [-0.1, -0.05) is 25.7 Å². The highest BCUT2D eigenvalue weighted by Gasteiger charge is 2.15. The lowest BCUT2D eigenvalue weighted by molar-refractivity contribution is 0.618. The maximum absolute atomic E-state index is 6.27. The van der Waals surface area contributed by atoms with E-state index in [2.05, 4.69) is 43.2 Å². The summed E-state index contributed by atoms with van der Waals surface area (Å²) >= 11 is 2.29. The molecule has 0 unspecified atom stereocenters. The Morgan fingerprint density at radius 2 is 1.61 bits per heavy atom. The van der Waals surface area contributed by atoms with E-state index in [9.17, 15) is 0 Å². The number of nitrogens with two attached hydrogens (primary N) is 1. The topological polar surface area (TPSA) is 75.9 Å². The van der Waals surface area contributed by atoms with Crippen LogP contribution in [0.1, 0.15) is 38.5 Å². The van der Waals surface area contributed by atoms with Crippen molar-refractivity contribution in [3.63, 3.8) is 0 Å². The van der Waals surface area contributed by atoms with Crippen molar-refractivity contribution in [2.24, 2.45) is 0 Å². The highest BCUT2D eigenvalue weighted by molar-refractivity contribution is 14.1. The normalized spacial score (nSPS) is 15.9. The van der Waals surface area contributed by atoms with Crippen molar-refractivity contribution in [3.8, 4) is 0 Å². The zero-order chi connectivity index (χ0) is 16.1. The molecule has 0 radical (unpaired) electrons. The third-order valence-corrected chi connectivity index (χ3v) is 4.91. The van der Waals surface area contributed by atoms with E-state index in [0.717, 1.165) is 11.5 Å². The molecule has 0 amide bonds. The Kier molecular flexibility index (Phi) is 5.53. The molecule has 1 aromatic heterocycles. The lowest BCUT2D eigenvalue weighted by Gasteiger charge is -2.19. The molecule has 4 N–H and O–H groups in total. The number of nitrogen functional groups attached to an aromatic ring is 1. The van der Waals surface area contributed by atoms with Crippen molar-refractivity contribution in [1.82, 2.24) is 9.97 Å². The number of halogens is 1. The van der Waals surface area contributed by atoms with E-state index in [1.165, 1.54) is 42.1 Å². The summed E-state index contributed by atoms with van der Waals surface area (Å²) in [6, 6.07) is 8.58. The molecule has 122 valence electrons. The molecular formula is C17H22IN5. The molecule has 1 saturated carbocycles. The molecule has 3 rings (SSSR count). The van der Waals surface area contributed by atoms with E-state index >= 15 is 0 Å². The standard InChI is InChI=1S/C17H22IN5/c18-12-7-9-14(10-8-12)23-17-15(19)16(20-11-21-17)22-13-5-3-1-2-4-6-13/h7-11,13H,1-6,19H2,(H2,20,21,22,23). The van der Waals surface area contributed by atoms with Gasteiger partial charge in [-0.05, 0) is 59.7 Å². The Labute approximate surface area is 150 Å². The third kappa shape index (κ3) is 4.46. The Morgan fingerprint density at radius 1 is 0.957 bits per heavy atom. The summed E-state index contributed by atoms with van der Waals surface area (Å²) in [6.45, 7) is 0. The number of hydrogen-bond acceptors (Lipinski definition) is 5. The number of anilines is 4. The second-order valence-electron chi connectivity index (χ2n) is 5.95. The molecule has 23 heavy (non-hydrogen) atoms. The van der Waals surface area contributed by atoms with E-state index < -0.39 is 0 Å². The van der Waals surface area contributed by atoms with E-state index in [4.69, 9.17) is 5.73 Å². The molecule has 2 aromatic rings. The summed E-state index contributed by atoms with van der Waals surface area (Å²) in [5, 5.41) is 6.78. The van der Waals surface area contributed by atoms with Gasteiger partial charge in [0.25, 0.3) is 0 Å². The Hall–Kier alpha value is -1.57. The van der Waals surface area contributed by atoms with E-state index in [1.807, 2.05) is 24.3 Å². The minimum absolute atomic E-state index is 0.459. The van der Waals surface area contributed by atoms with Crippen LogP contribution in [0.4, 0.5) is 23.0 Å². The fourth-order valence-electron chi connectivity index (χ4n) is 2.90. The Bertz CT molecular complexity index is 636. The van der Waals surface area contributed by atoms with Crippen LogP contribution in [0.3, 0.4) is 0 Å². The minimum atomic E-state index is 0.459. The predicted molar refractivity (Wildman–Crippen MR) is 104 cm³/mol. The summed E-state index contributed by atoms with van der Waals surface area (Å²) in [6.07, 6.45) is 9.14. The first-order valence-electron chi connectivity index (χ1n) is 8.12. The van der Waals surface area contributed by atoms with Crippen molar-refractivity contribution >= 4 is 45.6 Å². The monoisotopic (exact) mass is 423 g/mol. The van der Waals surface area contributed by atoms with Crippen LogP contribution in [0.25, 0.3) is 0 Å². The molecule has 1 heterocycles. The van der Waals surface area contributed by atoms with Crippen molar-refractivity contribution in [1.29, 1.82) is 0 Å². The average molecular weight is 423 g/mol. The van der Waals surface area contributed by atoms with Crippen LogP contribution in [-0.4, -0.2) is 16.0 Å². The molecule has 0 atom stereocenters. The first kappa shape index (κ1) is 16.3. The summed E-state index contributed by atoms with van der Waals surface area (Å²) in [4.78, 5) is 8.61. The quantitative estimate of drug-likeness (QED) is 0.497. The summed E-state index contributed by atoms with van der Waals surface area (Å²) in [5.41, 5.74) is 7.81. The molecule has 6 heteroatoms. The largest absolute Gasteiger partial charge is 0.393 e. The number of hydrogen-bond donors (Lipinski definition) is 3. The number of benzene rings is 1. The molecule has 0 bridgehead atoms. The van der Waals surface area contributed by atoms with Gasteiger partial charge < -0.3 is 16.4 Å². The lowest BCUT2D eigenvalue weighted by Crippen LogP contribution is -2.20. The van der Waals surface area contributed by atoms with Gasteiger partial charge in [0.05, 0.1) is 0 Å². The smallest absolute Gasteiger partial charge is 0.159 e. The van der Waals surface area contributed by atoms with Gasteiger partial charge >= 0.3 is 0 Å². The molecule has 5 nitrogen and oxygen atoms in total. The highest BCUT2D eigenvalue weighted by Crippen LogP contribution is 2.28. The number of aromatic nitrogens is 2. The van der Waals surface area contributed by atoms with Gasteiger partial charge in [0.15, 0.2) is 11.6 Å². The second-order valence-corrected chi connectivity index (χ2v) is 7.19. The molecule has 1 fully saturated rings. The van der Waals surface area contributed by atoms with Gasteiger partial charge in [0, 0.05) is 15.3 Å². The minimum Gasteiger partial charge on any atom is -0.393 e.